The van der Waals surface area contributed by atoms with Gasteiger partial charge in [0.1, 0.15) is 12.3 Å². The molecule has 1 unspecified atom stereocenters. The van der Waals surface area contributed by atoms with E-state index in [1.807, 2.05) is 26.0 Å². The third-order valence-corrected chi connectivity index (χ3v) is 6.34. The van der Waals surface area contributed by atoms with Gasteiger partial charge < -0.3 is 9.42 Å². The van der Waals surface area contributed by atoms with Gasteiger partial charge in [-0.2, -0.15) is 5.10 Å². The van der Waals surface area contributed by atoms with Crippen LogP contribution in [0.3, 0.4) is 0 Å². The molecule has 1 aliphatic heterocycles. The molecule has 5 rings (SSSR count). The highest BCUT2D eigenvalue weighted by molar-refractivity contribution is 6.19. The first-order valence-corrected chi connectivity index (χ1v) is 10.6. The van der Waals surface area contributed by atoms with Crippen LogP contribution in [0.25, 0.3) is 0 Å². The first-order valence-electron chi connectivity index (χ1n) is 10.6. The number of carbonyl (C=O) groups excluding carboxylic acids is 2. The van der Waals surface area contributed by atoms with Crippen molar-refractivity contribution in [2.24, 2.45) is 5.92 Å². The third-order valence-electron chi connectivity index (χ3n) is 6.34. The maximum absolute atomic E-state index is 13.1. The average Bonchev–Trinajstić information content (AvgIpc) is 3.02. The van der Waals surface area contributed by atoms with Gasteiger partial charge in [0.2, 0.25) is 0 Å². The van der Waals surface area contributed by atoms with Crippen LogP contribution < -0.4 is 4.90 Å². The molecule has 3 heterocycles. The fraction of sp³-hybridized carbons (Fsp3) is 0.391. The second-order valence-corrected chi connectivity index (χ2v) is 8.58. The summed E-state index contributed by atoms with van der Waals surface area (Å²) in [4.78, 5) is 28.6. The molecule has 31 heavy (non-hydrogen) atoms. The molecular formula is C23H25N5O3. The number of hydrogen-bond acceptors (Lipinski definition) is 5. The standard InChI is InChI=1S/C23H25N5O3/c1-14-8-20(14)19-7-5-4-6-17(19)10-26-13-22(29)28(23(26)30)18-9-24-27(11-18)12-21-15(2)25-31-16(21)3/h4-7,9,11,14,20H,8,10,12-13H2,1-3H3/t14?,20-/m0/s1. The van der Waals surface area contributed by atoms with Crippen LogP contribution in [-0.4, -0.2) is 38.3 Å². The van der Waals surface area contributed by atoms with Crippen molar-refractivity contribution in [1.82, 2.24) is 19.8 Å². The summed E-state index contributed by atoms with van der Waals surface area (Å²) in [6, 6.07) is 7.93. The quantitative estimate of drug-likeness (QED) is 0.570. The summed E-state index contributed by atoms with van der Waals surface area (Å²) in [5, 5.41) is 8.29. The number of carbonyl (C=O) groups is 2. The van der Waals surface area contributed by atoms with E-state index in [0.29, 0.717) is 30.6 Å². The second-order valence-electron chi connectivity index (χ2n) is 8.58. The number of anilines is 1. The minimum Gasteiger partial charge on any atom is -0.361 e. The number of nitrogens with zero attached hydrogens (tertiary/aromatic N) is 5. The molecule has 2 fully saturated rings. The topological polar surface area (TPSA) is 84.5 Å². The van der Waals surface area contributed by atoms with E-state index in [1.165, 1.54) is 16.9 Å². The molecule has 0 bridgehead atoms. The predicted molar refractivity (Wildman–Crippen MR) is 114 cm³/mol. The first-order chi connectivity index (χ1) is 14.9. The van der Waals surface area contributed by atoms with Gasteiger partial charge in [-0.05, 0) is 43.2 Å². The third kappa shape index (κ3) is 3.52. The summed E-state index contributed by atoms with van der Waals surface area (Å²) in [5.41, 5.74) is 4.64. The summed E-state index contributed by atoms with van der Waals surface area (Å²) in [6.07, 6.45) is 4.45. The van der Waals surface area contributed by atoms with Crippen molar-refractivity contribution in [3.05, 3.63) is 64.8 Å². The van der Waals surface area contributed by atoms with E-state index in [2.05, 4.69) is 29.3 Å². The van der Waals surface area contributed by atoms with Crippen LogP contribution in [-0.2, 0) is 17.9 Å². The van der Waals surface area contributed by atoms with Gasteiger partial charge in [-0.25, -0.2) is 9.69 Å². The summed E-state index contributed by atoms with van der Waals surface area (Å²) in [6.45, 7) is 6.95. The second kappa shape index (κ2) is 7.37. The molecule has 3 amide bonds. The number of hydrogen-bond donors (Lipinski definition) is 0. The largest absolute Gasteiger partial charge is 0.361 e. The molecule has 2 aromatic heterocycles. The Hall–Kier alpha value is -3.42. The highest BCUT2D eigenvalue weighted by Crippen LogP contribution is 2.48. The summed E-state index contributed by atoms with van der Waals surface area (Å²) < 4.78 is 6.89. The monoisotopic (exact) mass is 419 g/mol. The maximum Gasteiger partial charge on any atom is 0.332 e. The Labute approximate surface area is 180 Å². The van der Waals surface area contributed by atoms with E-state index >= 15 is 0 Å². The van der Waals surface area contributed by atoms with Crippen molar-refractivity contribution in [2.75, 3.05) is 11.4 Å². The molecule has 0 spiro atoms. The number of amides is 3. The molecule has 8 heteroatoms. The molecule has 1 saturated heterocycles. The zero-order chi connectivity index (χ0) is 21.7. The van der Waals surface area contributed by atoms with E-state index in [1.54, 1.807) is 22.0 Å². The summed E-state index contributed by atoms with van der Waals surface area (Å²) >= 11 is 0. The van der Waals surface area contributed by atoms with Crippen molar-refractivity contribution in [3.8, 4) is 0 Å². The molecule has 2 atom stereocenters. The van der Waals surface area contributed by atoms with Crippen molar-refractivity contribution in [3.63, 3.8) is 0 Å². The lowest BCUT2D eigenvalue weighted by Crippen LogP contribution is -2.32. The Kier molecular flexibility index (Phi) is 4.64. The van der Waals surface area contributed by atoms with Gasteiger partial charge in [0.25, 0.3) is 5.91 Å². The van der Waals surface area contributed by atoms with E-state index < -0.39 is 0 Å². The van der Waals surface area contributed by atoms with Crippen LogP contribution in [0.4, 0.5) is 10.5 Å². The fourth-order valence-electron chi connectivity index (χ4n) is 4.37. The van der Waals surface area contributed by atoms with Gasteiger partial charge in [-0.3, -0.25) is 9.48 Å². The first kappa shape index (κ1) is 19.5. The van der Waals surface area contributed by atoms with Crippen LogP contribution >= 0.6 is 0 Å². The number of urea groups is 1. The minimum atomic E-state index is -0.305. The number of aromatic nitrogens is 3. The fourth-order valence-corrected chi connectivity index (χ4v) is 4.37. The molecule has 160 valence electrons. The van der Waals surface area contributed by atoms with Gasteiger partial charge in [0.15, 0.2) is 0 Å². The highest BCUT2D eigenvalue weighted by atomic mass is 16.5. The lowest BCUT2D eigenvalue weighted by Gasteiger charge is -2.18. The normalized spacial score (nSPS) is 20.7. The van der Waals surface area contributed by atoms with Crippen molar-refractivity contribution >= 4 is 17.6 Å². The Morgan fingerprint density at radius 1 is 1.16 bits per heavy atom. The lowest BCUT2D eigenvalue weighted by molar-refractivity contribution is -0.116. The predicted octanol–water partition coefficient (Wildman–Crippen LogP) is 3.63. The van der Waals surface area contributed by atoms with Crippen molar-refractivity contribution in [1.29, 1.82) is 0 Å². The Morgan fingerprint density at radius 2 is 1.94 bits per heavy atom. The lowest BCUT2D eigenvalue weighted by atomic mass is 10.0. The molecule has 0 N–H and O–H groups in total. The summed E-state index contributed by atoms with van der Waals surface area (Å²) in [7, 11) is 0. The number of imide groups is 1. The van der Waals surface area contributed by atoms with Gasteiger partial charge >= 0.3 is 6.03 Å². The van der Waals surface area contributed by atoms with E-state index in [4.69, 9.17) is 4.52 Å². The van der Waals surface area contributed by atoms with Gasteiger partial charge in [0, 0.05) is 18.3 Å². The summed E-state index contributed by atoms with van der Waals surface area (Å²) in [5.74, 6) is 1.73. The molecule has 2 aliphatic rings. The smallest absolute Gasteiger partial charge is 0.332 e. The minimum absolute atomic E-state index is 0.0719. The molecule has 0 radical (unpaired) electrons. The molecule has 1 saturated carbocycles. The zero-order valence-electron chi connectivity index (χ0n) is 17.9. The Morgan fingerprint density at radius 3 is 2.65 bits per heavy atom. The number of aryl methyl sites for hydroxylation is 2. The van der Waals surface area contributed by atoms with Crippen LogP contribution in [0.1, 0.15) is 47.4 Å². The van der Waals surface area contributed by atoms with E-state index in [0.717, 1.165) is 22.6 Å². The van der Waals surface area contributed by atoms with Crippen LogP contribution in [0.2, 0.25) is 0 Å². The SMILES string of the molecule is Cc1noc(C)c1Cn1cc(N2C(=O)CN(Cc3ccccc3[C@H]3CC3C)C2=O)cn1. The van der Waals surface area contributed by atoms with E-state index in [-0.39, 0.29) is 18.5 Å². The Balaban J connectivity index is 1.33. The maximum atomic E-state index is 13.1. The van der Waals surface area contributed by atoms with Crippen LogP contribution in [0.5, 0.6) is 0 Å². The van der Waals surface area contributed by atoms with Crippen LogP contribution in [0.15, 0.2) is 41.2 Å². The van der Waals surface area contributed by atoms with Gasteiger partial charge in [-0.1, -0.05) is 36.3 Å². The number of benzene rings is 1. The van der Waals surface area contributed by atoms with Crippen molar-refractivity contribution in [2.45, 2.75) is 46.2 Å². The number of rotatable bonds is 6. The zero-order valence-corrected chi connectivity index (χ0v) is 17.9. The van der Waals surface area contributed by atoms with Crippen LogP contribution in [0, 0.1) is 19.8 Å². The van der Waals surface area contributed by atoms with Crippen molar-refractivity contribution < 1.29 is 14.1 Å². The molecule has 1 aromatic carbocycles. The highest BCUT2D eigenvalue weighted by Gasteiger charge is 2.40. The van der Waals surface area contributed by atoms with Gasteiger partial charge in [-0.15, -0.1) is 0 Å². The van der Waals surface area contributed by atoms with E-state index in [9.17, 15) is 9.59 Å². The molecular weight excluding hydrogens is 394 g/mol. The molecule has 1 aliphatic carbocycles. The molecule has 8 nitrogen and oxygen atoms in total. The molecule has 3 aromatic rings. The van der Waals surface area contributed by atoms with Gasteiger partial charge in [0.05, 0.1) is 24.1 Å². The Bertz CT molecular complexity index is 1140. The average molecular weight is 419 g/mol.